The first-order chi connectivity index (χ1) is 8.71. The van der Waals surface area contributed by atoms with Gasteiger partial charge in [-0.1, -0.05) is 51.5 Å². The topological polar surface area (TPSA) is 20.3 Å². The minimum atomic E-state index is 0.230. The molecule has 18 heavy (non-hydrogen) atoms. The minimum absolute atomic E-state index is 0.230. The standard InChI is InChI=1S/C16H25NO/c1-4-7-14-8-10-15(11-9-14)16(18)13-17(6-3)12-5-2/h8-11H,4-7,12-13H2,1-3H3. The van der Waals surface area contributed by atoms with Crippen molar-refractivity contribution in [3.63, 3.8) is 0 Å². The van der Waals surface area contributed by atoms with Crippen molar-refractivity contribution >= 4 is 5.78 Å². The lowest BCUT2D eigenvalue weighted by atomic mass is 10.1. The van der Waals surface area contributed by atoms with E-state index in [2.05, 4.69) is 37.8 Å². The average Bonchev–Trinajstić information content (AvgIpc) is 2.39. The monoisotopic (exact) mass is 247 g/mol. The molecular weight excluding hydrogens is 222 g/mol. The fourth-order valence-corrected chi connectivity index (χ4v) is 2.11. The van der Waals surface area contributed by atoms with Gasteiger partial charge in [0.25, 0.3) is 0 Å². The molecule has 1 rings (SSSR count). The summed E-state index contributed by atoms with van der Waals surface area (Å²) in [6.45, 7) is 8.89. The molecule has 0 N–H and O–H groups in total. The lowest BCUT2D eigenvalue weighted by molar-refractivity contribution is 0.0934. The third-order valence-electron chi connectivity index (χ3n) is 3.17. The van der Waals surface area contributed by atoms with Crippen LogP contribution in [0.15, 0.2) is 24.3 Å². The Labute approximate surface area is 111 Å². The molecular formula is C16H25NO. The van der Waals surface area contributed by atoms with Crippen molar-refractivity contribution in [1.29, 1.82) is 0 Å². The fourth-order valence-electron chi connectivity index (χ4n) is 2.11. The van der Waals surface area contributed by atoms with Gasteiger partial charge in [-0.25, -0.2) is 0 Å². The number of rotatable bonds is 8. The Bertz CT molecular complexity index is 356. The molecule has 0 bridgehead atoms. The van der Waals surface area contributed by atoms with E-state index in [0.717, 1.165) is 37.9 Å². The molecule has 0 aliphatic carbocycles. The third kappa shape index (κ3) is 4.61. The van der Waals surface area contributed by atoms with Gasteiger partial charge in [-0.05, 0) is 31.5 Å². The molecule has 0 saturated heterocycles. The Kier molecular flexibility index (Phi) is 6.66. The first-order valence-electron chi connectivity index (χ1n) is 7.05. The number of likely N-dealkylation sites (N-methyl/N-ethyl adjacent to an activating group) is 1. The largest absolute Gasteiger partial charge is 0.296 e. The van der Waals surface area contributed by atoms with Crippen molar-refractivity contribution < 1.29 is 4.79 Å². The summed E-state index contributed by atoms with van der Waals surface area (Å²) in [6, 6.07) is 8.08. The van der Waals surface area contributed by atoms with Gasteiger partial charge in [-0.15, -0.1) is 0 Å². The lowest BCUT2D eigenvalue weighted by Gasteiger charge is -2.18. The van der Waals surface area contributed by atoms with Gasteiger partial charge in [0.2, 0.25) is 0 Å². The average molecular weight is 247 g/mol. The zero-order valence-electron chi connectivity index (χ0n) is 11.9. The molecule has 0 amide bonds. The molecule has 0 unspecified atom stereocenters. The summed E-state index contributed by atoms with van der Waals surface area (Å²) in [5, 5.41) is 0. The van der Waals surface area contributed by atoms with Crippen molar-refractivity contribution in [3.05, 3.63) is 35.4 Å². The minimum Gasteiger partial charge on any atom is -0.296 e. The van der Waals surface area contributed by atoms with Gasteiger partial charge in [0.1, 0.15) is 0 Å². The van der Waals surface area contributed by atoms with E-state index >= 15 is 0 Å². The SMILES string of the molecule is CCCc1ccc(C(=O)CN(CC)CCC)cc1. The van der Waals surface area contributed by atoms with Gasteiger partial charge < -0.3 is 0 Å². The Morgan fingerprint density at radius 2 is 1.72 bits per heavy atom. The van der Waals surface area contributed by atoms with E-state index in [4.69, 9.17) is 0 Å². The molecule has 0 fully saturated rings. The van der Waals surface area contributed by atoms with Crippen LogP contribution in [0.3, 0.4) is 0 Å². The van der Waals surface area contributed by atoms with E-state index in [9.17, 15) is 4.79 Å². The van der Waals surface area contributed by atoms with Crippen LogP contribution in [0.25, 0.3) is 0 Å². The predicted octanol–water partition coefficient (Wildman–Crippen LogP) is 3.55. The second kappa shape index (κ2) is 8.04. The molecule has 0 atom stereocenters. The van der Waals surface area contributed by atoms with Crippen LogP contribution in [0.1, 0.15) is 49.5 Å². The van der Waals surface area contributed by atoms with Crippen LogP contribution in [-0.4, -0.2) is 30.3 Å². The van der Waals surface area contributed by atoms with Gasteiger partial charge in [-0.3, -0.25) is 9.69 Å². The van der Waals surface area contributed by atoms with Crippen LogP contribution >= 0.6 is 0 Å². The van der Waals surface area contributed by atoms with Crippen LogP contribution in [0.5, 0.6) is 0 Å². The number of hydrogen-bond donors (Lipinski definition) is 0. The van der Waals surface area contributed by atoms with Crippen LogP contribution in [0.2, 0.25) is 0 Å². The summed E-state index contributed by atoms with van der Waals surface area (Å²) in [5.74, 6) is 0.230. The lowest BCUT2D eigenvalue weighted by Crippen LogP contribution is -2.30. The maximum Gasteiger partial charge on any atom is 0.176 e. The highest BCUT2D eigenvalue weighted by Gasteiger charge is 2.10. The van der Waals surface area contributed by atoms with Crippen molar-refractivity contribution in [2.45, 2.75) is 40.0 Å². The Balaban J connectivity index is 2.60. The van der Waals surface area contributed by atoms with Gasteiger partial charge in [0, 0.05) is 5.56 Å². The number of nitrogens with zero attached hydrogens (tertiary/aromatic N) is 1. The molecule has 0 spiro atoms. The van der Waals surface area contributed by atoms with Gasteiger partial charge in [0.15, 0.2) is 5.78 Å². The summed E-state index contributed by atoms with van der Waals surface area (Å²) in [6.07, 6.45) is 3.33. The van der Waals surface area contributed by atoms with Crippen LogP contribution in [-0.2, 0) is 6.42 Å². The smallest absolute Gasteiger partial charge is 0.176 e. The number of aryl methyl sites for hydroxylation is 1. The quantitative estimate of drug-likeness (QED) is 0.655. The number of carbonyl (C=O) groups is 1. The number of carbonyl (C=O) groups excluding carboxylic acids is 1. The summed E-state index contributed by atoms with van der Waals surface area (Å²) in [5.41, 5.74) is 2.15. The second-order valence-corrected chi connectivity index (χ2v) is 4.74. The maximum atomic E-state index is 12.1. The molecule has 0 radical (unpaired) electrons. The Morgan fingerprint density at radius 3 is 2.22 bits per heavy atom. The van der Waals surface area contributed by atoms with Gasteiger partial charge in [-0.2, -0.15) is 0 Å². The van der Waals surface area contributed by atoms with Crippen molar-refractivity contribution in [2.24, 2.45) is 0 Å². The van der Waals surface area contributed by atoms with E-state index in [1.165, 1.54) is 5.56 Å². The van der Waals surface area contributed by atoms with E-state index in [1.54, 1.807) is 0 Å². The normalized spacial score (nSPS) is 10.9. The van der Waals surface area contributed by atoms with E-state index in [1.807, 2.05) is 12.1 Å². The summed E-state index contributed by atoms with van der Waals surface area (Å²) < 4.78 is 0. The summed E-state index contributed by atoms with van der Waals surface area (Å²) in [4.78, 5) is 14.3. The van der Waals surface area contributed by atoms with Crippen LogP contribution in [0.4, 0.5) is 0 Å². The second-order valence-electron chi connectivity index (χ2n) is 4.74. The van der Waals surface area contributed by atoms with E-state index < -0.39 is 0 Å². The molecule has 2 heteroatoms. The van der Waals surface area contributed by atoms with Crippen LogP contribution < -0.4 is 0 Å². The zero-order chi connectivity index (χ0) is 13.4. The molecule has 0 heterocycles. The zero-order valence-corrected chi connectivity index (χ0v) is 11.9. The highest BCUT2D eigenvalue weighted by atomic mass is 16.1. The predicted molar refractivity (Wildman–Crippen MR) is 77.2 cm³/mol. The molecule has 0 saturated carbocycles. The van der Waals surface area contributed by atoms with Crippen molar-refractivity contribution in [1.82, 2.24) is 4.90 Å². The first-order valence-corrected chi connectivity index (χ1v) is 7.05. The molecule has 0 aliphatic heterocycles. The van der Waals surface area contributed by atoms with Gasteiger partial charge >= 0.3 is 0 Å². The summed E-state index contributed by atoms with van der Waals surface area (Å²) in [7, 11) is 0. The molecule has 100 valence electrons. The number of Topliss-reactive ketones (excluding diaryl/α,β-unsaturated/α-hetero) is 1. The number of benzene rings is 1. The molecule has 1 aromatic carbocycles. The first kappa shape index (κ1) is 14.9. The van der Waals surface area contributed by atoms with Gasteiger partial charge in [0.05, 0.1) is 6.54 Å². The van der Waals surface area contributed by atoms with Crippen molar-refractivity contribution in [2.75, 3.05) is 19.6 Å². The number of hydrogen-bond acceptors (Lipinski definition) is 2. The molecule has 2 nitrogen and oxygen atoms in total. The molecule has 0 aliphatic rings. The highest BCUT2D eigenvalue weighted by Crippen LogP contribution is 2.08. The highest BCUT2D eigenvalue weighted by molar-refractivity contribution is 5.97. The fraction of sp³-hybridized carbons (Fsp3) is 0.562. The van der Waals surface area contributed by atoms with E-state index in [-0.39, 0.29) is 5.78 Å². The maximum absolute atomic E-state index is 12.1. The Morgan fingerprint density at radius 1 is 1.06 bits per heavy atom. The summed E-state index contributed by atoms with van der Waals surface area (Å²) >= 11 is 0. The molecule has 0 aromatic heterocycles. The van der Waals surface area contributed by atoms with Crippen LogP contribution in [0, 0.1) is 0 Å². The van der Waals surface area contributed by atoms with Crippen molar-refractivity contribution in [3.8, 4) is 0 Å². The third-order valence-corrected chi connectivity index (χ3v) is 3.17. The van der Waals surface area contributed by atoms with E-state index in [0.29, 0.717) is 6.54 Å². The number of ketones is 1. The Hall–Kier alpha value is -1.15. The molecule has 1 aromatic rings.